The van der Waals surface area contributed by atoms with Crippen molar-refractivity contribution < 1.29 is 9.13 Å². The van der Waals surface area contributed by atoms with Crippen LogP contribution in [0.2, 0.25) is 0 Å². The minimum Gasteiger partial charge on any atom is -0.384 e. The minimum absolute atomic E-state index is 0.699. The van der Waals surface area contributed by atoms with Crippen molar-refractivity contribution in [1.82, 2.24) is 0 Å². The molecule has 116 valence electrons. The van der Waals surface area contributed by atoms with E-state index in [1.165, 1.54) is 57.8 Å². The molecule has 2 fully saturated rings. The van der Waals surface area contributed by atoms with Crippen LogP contribution in [0.25, 0.3) is 0 Å². The van der Waals surface area contributed by atoms with E-state index < -0.39 is 0 Å². The summed E-state index contributed by atoms with van der Waals surface area (Å²) in [6, 6.07) is 0. The van der Waals surface area contributed by atoms with Gasteiger partial charge in [-0.1, -0.05) is 18.9 Å². The average molecular weight is 282 g/mol. The Balaban J connectivity index is 1.64. The molecule has 2 aliphatic carbocycles. The molecule has 0 aromatic carbocycles. The lowest BCUT2D eigenvalue weighted by Crippen LogP contribution is -2.27. The maximum absolute atomic E-state index is 11.9. The SMILES string of the molecule is COCC1CCC(C2CCC(CC/C=C/F)CC2)CC1. The molecule has 0 saturated heterocycles. The van der Waals surface area contributed by atoms with Gasteiger partial charge in [0.2, 0.25) is 0 Å². The molecule has 0 bridgehead atoms. The van der Waals surface area contributed by atoms with Crippen LogP contribution in [0.5, 0.6) is 0 Å². The van der Waals surface area contributed by atoms with Gasteiger partial charge in [0.1, 0.15) is 0 Å². The molecular formula is C18H31FO. The number of rotatable bonds is 6. The Labute approximate surface area is 124 Å². The van der Waals surface area contributed by atoms with Gasteiger partial charge in [-0.05, 0) is 75.0 Å². The first-order chi connectivity index (χ1) is 9.83. The quantitative estimate of drug-likeness (QED) is 0.624. The Morgan fingerprint density at radius 3 is 1.95 bits per heavy atom. The number of hydrogen-bond donors (Lipinski definition) is 0. The van der Waals surface area contributed by atoms with E-state index in [-0.39, 0.29) is 0 Å². The first kappa shape index (κ1) is 16.0. The summed E-state index contributed by atoms with van der Waals surface area (Å²) in [4.78, 5) is 0. The second-order valence-electron chi connectivity index (χ2n) is 6.96. The van der Waals surface area contributed by atoms with Gasteiger partial charge in [-0.25, -0.2) is 4.39 Å². The summed E-state index contributed by atoms with van der Waals surface area (Å²) in [5.74, 6) is 3.63. The molecule has 0 amide bonds. The van der Waals surface area contributed by atoms with E-state index in [9.17, 15) is 4.39 Å². The zero-order valence-corrected chi connectivity index (χ0v) is 13.0. The molecule has 0 unspecified atom stereocenters. The van der Waals surface area contributed by atoms with Gasteiger partial charge < -0.3 is 4.74 Å². The van der Waals surface area contributed by atoms with E-state index in [0.717, 1.165) is 36.7 Å². The van der Waals surface area contributed by atoms with E-state index in [1.807, 2.05) is 7.11 Å². The molecule has 1 nitrogen and oxygen atoms in total. The Kier molecular flexibility index (Phi) is 7.06. The van der Waals surface area contributed by atoms with E-state index in [4.69, 9.17) is 4.74 Å². The number of methoxy groups -OCH3 is 1. The summed E-state index contributed by atoms with van der Waals surface area (Å²) in [6.45, 7) is 0.960. The molecule has 0 heterocycles. The van der Waals surface area contributed by atoms with Crippen LogP contribution in [0, 0.1) is 23.7 Å². The highest BCUT2D eigenvalue weighted by Gasteiger charge is 2.30. The van der Waals surface area contributed by atoms with Gasteiger partial charge in [-0.2, -0.15) is 0 Å². The monoisotopic (exact) mass is 282 g/mol. The molecule has 2 saturated carbocycles. The van der Waals surface area contributed by atoms with Crippen LogP contribution < -0.4 is 0 Å². The molecular weight excluding hydrogens is 251 g/mol. The topological polar surface area (TPSA) is 9.23 Å². The second kappa shape index (κ2) is 8.81. The van der Waals surface area contributed by atoms with Crippen LogP contribution in [0.15, 0.2) is 12.4 Å². The number of hydrogen-bond acceptors (Lipinski definition) is 1. The third kappa shape index (κ3) is 4.87. The molecule has 0 aromatic rings. The Hall–Kier alpha value is -0.370. The van der Waals surface area contributed by atoms with Gasteiger partial charge in [0.05, 0.1) is 6.33 Å². The number of allylic oxidation sites excluding steroid dienone is 1. The fourth-order valence-corrected chi connectivity index (χ4v) is 4.41. The maximum atomic E-state index is 11.9. The fourth-order valence-electron chi connectivity index (χ4n) is 4.41. The predicted octanol–water partition coefficient (Wildman–Crippen LogP) is 5.51. The smallest absolute Gasteiger partial charge is 0.0827 e. The standard InChI is InChI=1S/C18H31FO/c1-20-14-16-7-11-18(12-8-16)17-9-5-15(6-10-17)4-2-3-13-19/h3,13,15-18H,2,4-12,14H2,1H3/b13-3+. The maximum Gasteiger partial charge on any atom is 0.0827 e. The van der Waals surface area contributed by atoms with Crippen molar-refractivity contribution in [3.63, 3.8) is 0 Å². The van der Waals surface area contributed by atoms with E-state index in [2.05, 4.69) is 0 Å². The first-order valence-corrected chi connectivity index (χ1v) is 8.57. The van der Waals surface area contributed by atoms with Gasteiger partial charge >= 0.3 is 0 Å². The molecule has 0 spiro atoms. The van der Waals surface area contributed by atoms with Gasteiger partial charge in [0.15, 0.2) is 0 Å². The number of ether oxygens (including phenoxy) is 1. The third-order valence-corrected chi connectivity index (χ3v) is 5.68. The normalized spacial score (nSPS) is 35.5. The fraction of sp³-hybridized carbons (Fsp3) is 0.889. The molecule has 0 radical (unpaired) electrons. The van der Waals surface area contributed by atoms with Gasteiger partial charge in [-0.3, -0.25) is 0 Å². The molecule has 0 N–H and O–H groups in total. The molecule has 20 heavy (non-hydrogen) atoms. The summed E-state index contributed by atoms with van der Waals surface area (Å²) in [6.07, 6.45) is 15.7. The Bertz CT molecular complexity index is 273. The van der Waals surface area contributed by atoms with Crippen LogP contribution in [0.1, 0.15) is 64.2 Å². The Morgan fingerprint density at radius 1 is 0.900 bits per heavy atom. The zero-order chi connectivity index (χ0) is 14.2. The molecule has 0 aliphatic heterocycles. The lowest BCUT2D eigenvalue weighted by molar-refractivity contribution is 0.0928. The van der Waals surface area contributed by atoms with Crippen molar-refractivity contribution in [2.75, 3.05) is 13.7 Å². The van der Waals surface area contributed by atoms with Crippen molar-refractivity contribution in [2.24, 2.45) is 23.7 Å². The van der Waals surface area contributed by atoms with Crippen LogP contribution >= 0.6 is 0 Å². The predicted molar refractivity (Wildman–Crippen MR) is 82.3 cm³/mol. The number of halogens is 1. The van der Waals surface area contributed by atoms with Crippen LogP contribution in [-0.4, -0.2) is 13.7 Å². The molecule has 0 aromatic heterocycles. The highest BCUT2D eigenvalue weighted by molar-refractivity contribution is 4.83. The van der Waals surface area contributed by atoms with Crippen molar-refractivity contribution in [2.45, 2.75) is 64.2 Å². The Morgan fingerprint density at radius 2 is 1.45 bits per heavy atom. The lowest BCUT2D eigenvalue weighted by atomic mass is 9.69. The summed E-state index contributed by atoms with van der Waals surface area (Å²) in [5.41, 5.74) is 0. The summed E-state index contributed by atoms with van der Waals surface area (Å²) in [5, 5.41) is 0. The highest BCUT2D eigenvalue weighted by Crippen LogP contribution is 2.42. The van der Waals surface area contributed by atoms with E-state index in [0.29, 0.717) is 6.33 Å². The summed E-state index contributed by atoms with van der Waals surface area (Å²) >= 11 is 0. The largest absolute Gasteiger partial charge is 0.384 e. The van der Waals surface area contributed by atoms with E-state index in [1.54, 1.807) is 6.08 Å². The first-order valence-electron chi connectivity index (χ1n) is 8.57. The van der Waals surface area contributed by atoms with Crippen molar-refractivity contribution in [1.29, 1.82) is 0 Å². The van der Waals surface area contributed by atoms with Crippen molar-refractivity contribution >= 4 is 0 Å². The van der Waals surface area contributed by atoms with Crippen molar-refractivity contribution in [3.8, 4) is 0 Å². The molecule has 2 rings (SSSR count). The zero-order valence-electron chi connectivity index (χ0n) is 13.0. The van der Waals surface area contributed by atoms with Gasteiger partial charge in [0, 0.05) is 13.7 Å². The molecule has 2 aliphatic rings. The van der Waals surface area contributed by atoms with E-state index >= 15 is 0 Å². The van der Waals surface area contributed by atoms with Gasteiger partial charge in [0.25, 0.3) is 0 Å². The third-order valence-electron chi connectivity index (χ3n) is 5.68. The lowest BCUT2D eigenvalue weighted by Gasteiger charge is -2.37. The highest BCUT2D eigenvalue weighted by atomic mass is 19.1. The minimum atomic E-state index is 0.699. The summed E-state index contributed by atoms with van der Waals surface area (Å²) in [7, 11) is 1.82. The van der Waals surface area contributed by atoms with Crippen LogP contribution in [-0.2, 0) is 4.74 Å². The van der Waals surface area contributed by atoms with Crippen molar-refractivity contribution in [3.05, 3.63) is 12.4 Å². The molecule has 0 atom stereocenters. The van der Waals surface area contributed by atoms with Crippen LogP contribution in [0.4, 0.5) is 4.39 Å². The second-order valence-corrected chi connectivity index (χ2v) is 6.96. The molecule has 2 heteroatoms. The van der Waals surface area contributed by atoms with Crippen LogP contribution in [0.3, 0.4) is 0 Å². The van der Waals surface area contributed by atoms with Gasteiger partial charge in [-0.15, -0.1) is 0 Å². The average Bonchev–Trinajstić information content (AvgIpc) is 2.49. The summed E-state index contributed by atoms with van der Waals surface area (Å²) < 4.78 is 17.2.